The van der Waals surface area contributed by atoms with E-state index < -0.39 is 10.8 Å². The summed E-state index contributed by atoms with van der Waals surface area (Å²) in [5.74, 6) is 0.220. The number of carbonyl (C=O) groups is 1. The Morgan fingerprint density at radius 3 is 2.56 bits per heavy atom. The fraction of sp³-hybridized carbons (Fsp3) is 0.176. The quantitative estimate of drug-likeness (QED) is 0.451. The van der Waals surface area contributed by atoms with Crippen LogP contribution in [0.15, 0.2) is 52.0 Å². The number of rotatable bonds is 6. The highest BCUT2D eigenvalue weighted by Gasteiger charge is 2.07. The third kappa shape index (κ3) is 5.39. The minimum atomic E-state index is -0.473. The van der Waals surface area contributed by atoms with E-state index in [0.29, 0.717) is 17.0 Å². The largest absolute Gasteiger partial charge is 0.483 e. The molecule has 8 heteroatoms. The lowest BCUT2D eigenvalue weighted by atomic mass is 10.1. The highest BCUT2D eigenvalue weighted by Crippen LogP contribution is 2.21. The number of hydrogen-bond donors (Lipinski definition) is 1. The van der Waals surface area contributed by atoms with Crippen LogP contribution < -0.4 is 10.2 Å². The van der Waals surface area contributed by atoms with Crippen LogP contribution in [0, 0.1) is 17.0 Å². The molecule has 2 aromatic rings. The van der Waals surface area contributed by atoms with Crippen molar-refractivity contribution in [3.8, 4) is 5.75 Å². The summed E-state index contributed by atoms with van der Waals surface area (Å²) in [5.41, 5.74) is 4.52. The first-order valence-corrected chi connectivity index (χ1v) is 8.13. The first-order valence-electron chi connectivity index (χ1n) is 7.33. The number of non-ortho nitro benzene ring substituents is 1. The van der Waals surface area contributed by atoms with Crippen LogP contribution in [0.1, 0.15) is 18.1 Å². The average Bonchev–Trinajstić information content (AvgIpc) is 2.59. The summed E-state index contributed by atoms with van der Waals surface area (Å²) in [4.78, 5) is 22.0. The summed E-state index contributed by atoms with van der Waals surface area (Å²) in [6, 6.07) is 11.4. The topological polar surface area (TPSA) is 93.8 Å². The number of aryl methyl sites for hydroxylation is 1. The van der Waals surface area contributed by atoms with Gasteiger partial charge in [-0.05, 0) is 55.3 Å². The van der Waals surface area contributed by atoms with Crippen molar-refractivity contribution < 1.29 is 14.5 Å². The number of nitrogens with one attached hydrogen (secondary N) is 1. The average molecular weight is 406 g/mol. The molecule has 0 bridgehead atoms. The minimum Gasteiger partial charge on any atom is -0.483 e. The highest BCUT2D eigenvalue weighted by molar-refractivity contribution is 9.10. The van der Waals surface area contributed by atoms with Gasteiger partial charge in [-0.15, -0.1) is 0 Å². The molecule has 1 amide bonds. The van der Waals surface area contributed by atoms with Gasteiger partial charge in [0.1, 0.15) is 5.75 Å². The normalized spacial score (nSPS) is 11.1. The maximum Gasteiger partial charge on any atom is 0.277 e. The zero-order valence-electron chi connectivity index (χ0n) is 13.7. The number of benzene rings is 2. The van der Waals surface area contributed by atoms with E-state index in [-0.39, 0.29) is 12.3 Å². The number of amides is 1. The van der Waals surface area contributed by atoms with Crippen LogP contribution >= 0.6 is 15.9 Å². The molecule has 0 saturated carbocycles. The van der Waals surface area contributed by atoms with Gasteiger partial charge >= 0.3 is 0 Å². The Bertz CT molecular complexity index is 819. The van der Waals surface area contributed by atoms with E-state index in [2.05, 4.69) is 26.5 Å². The van der Waals surface area contributed by atoms with Gasteiger partial charge in [0, 0.05) is 16.6 Å². The molecule has 0 atom stereocenters. The summed E-state index contributed by atoms with van der Waals surface area (Å²) < 4.78 is 6.39. The Morgan fingerprint density at radius 2 is 1.96 bits per heavy atom. The number of nitrogens with zero attached hydrogens (tertiary/aromatic N) is 2. The second-order valence-corrected chi connectivity index (χ2v) is 6.15. The molecule has 2 aromatic carbocycles. The molecule has 130 valence electrons. The zero-order chi connectivity index (χ0) is 18.4. The van der Waals surface area contributed by atoms with Gasteiger partial charge in [-0.2, -0.15) is 5.10 Å². The van der Waals surface area contributed by atoms with Crippen molar-refractivity contribution in [2.24, 2.45) is 5.10 Å². The van der Waals surface area contributed by atoms with E-state index >= 15 is 0 Å². The van der Waals surface area contributed by atoms with E-state index in [1.165, 1.54) is 12.1 Å². The van der Waals surface area contributed by atoms with Crippen molar-refractivity contribution in [1.82, 2.24) is 5.43 Å². The van der Waals surface area contributed by atoms with Crippen LogP contribution in [0.2, 0.25) is 0 Å². The first-order chi connectivity index (χ1) is 11.9. The number of hydrogen-bond acceptors (Lipinski definition) is 5. The summed E-state index contributed by atoms with van der Waals surface area (Å²) in [7, 11) is 0. The SMILES string of the molecule is C/C(=N\NC(=O)COc1ccc(Br)cc1C)c1ccc([N+](=O)[O-])cc1. The molecule has 0 aliphatic rings. The monoisotopic (exact) mass is 405 g/mol. The van der Waals surface area contributed by atoms with Crippen LogP contribution in [0.4, 0.5) is 5.69 Å². The second kappa shape index (κ2) is 8.39. The third-order valence-electron chi connectivity index (χ3n) is 3.34. The van der Waals surface area contributed by atoms with Gasteiger partial charge in [0.2, 0.25) is 0 Å². The maximum atomic E-state index is 11.8. The molecule has 25 heavy (non-hydrogen) atoms. The summed E-state index contributed by atoms with van der Waals surface area (Å²) in [6.07, 6.45) is 0. The molecule has 0 saturated heterocycles. The van der Waals surface area contributed by atoms with E-state index in [1.807, 2.05) is 19.1 Å². The smallest absolute Gasteiger partial charge is 0.277 e. The summed E-state index contributed by atoms with van der Waals surface area (Å²) >= 11 is 3.36. The molecule has 1 N–H and O–H groups in total. The van der Waals surface area contributed by atoms with Crippen molar-refractivity contribution in [2.75, 3.05) is 6.61 Å². The van der Waals surface area contributed by atoms with E-state index in [0.717, 1.165) is 10.0 Å². The predicted molar refractivity (Wildman–Crippen MR) is 97.8 cm³/mol. The van der Waals surface area contributed by atoms with Crippen LogP contribution in [-0.4, -0.2) is 23.1 Å². The van der Waals surface area contributed by atoms with Crippen molar-refractivity contribution in [3.63, 3.8) is 0 Å². The number of ether oxygens (including phenoxy) is 1. The van der Waals surface area contributed by atoms with E-state index in [9.17, 15) is 14.9 Å². The number of nitro benzene ring substituents is 1. The lowest BCUT2D eigenvalue weighted by Crippen LogP contribution is -2.25. The van der Waals surface area contributed by atoms with E-state index in [4.69, 9.17) is 4.74 Å². The molecule has 0 aliphatic carbocycles. The molecule has 0 unspecified atom stereocenters. The Balaban J connectivity index is 1.91. The van der Waals surface area contributed by atoms with Crippen LogP contribution in [0.5, 0.6) is 5.75 Å². The molecular weight excluding hydrogens is 390 g/mol. The molecule has 0 radical (unpaired) electrons. The summed E-state index contributed by atoms with van der Waals surface area (Å²) in [6.45, 7) is 3.41. The second-order valence-electron chi connectivity index (χ2n) is 5.23. The van der Waals surface area contributed by atoms with Gasteiger partial charge < -0.3 is 4.74 Å². The molecule has 0 spiro atoms. The van der Waals surface area contributed by atoms with Gasteiger partial charge in [-0.25, -0.2) is 5.43 Å². The number of hydrazone groups is 1. The van der Waals surface area contributed by atoms with E-state index in [1.54, 1.807) is 25.1 Å². The molecule has 2 rings (SSSR count). The van der Waals surface area contributed by atoms with Crippen molar-refractivity contribution in [3.05, 3.63) is 68.2 Å². The fourth-order valence-electron chi connectivity index (χ4n) is 1.99. The zero-order valence-corrected chi connectivity index (χ0v) is 15.2. The van der Waals surface area contributed by atoms with Gasteiger partial charge in [-0.3, -0.25) is 14.9 Å². The lowest BCUT2D eigenvalue weighted by molar-refractivity contribution is -0.384. The van der Waals surface area contributed by atoms with Crippen molar-refractivity contribution in [1.29, 1.82) is 0 Å². The molecule has 0 aliphatic heterocycles. The van der Waals surface area contributed by atoms with Crippen LogP contribution in [-0.2, 0) is 4.79 Å². The Hall–Kier alpha value is -2.74. The fourth-order valence-corrected chi connectivity index (χ4v) is 2.46. The van der Waals surface area contributed by atoms with Crippen LogP contribution in [0.3, 0.4) is 0 Å². The Labute approximate surface area is 153 Å². The lowest BCUT2D eigenvalue weighted by Gasteiger charge is -2.08. The van der Waals surface area contributed by atoms with Crippen molar-refractivity contribution in [2.45, 2.75) is 13.8 Å². The van der Waals surface area contributed by atoms with Gasteiger partial charge in [0.25, 0.3) is 11.6 Å². The minimum absolute atomic E-state index is 0.00106. The highest BCUT2D eigenvalue weighted by atomic mass is 79.9. The molecule has 7 nitrogen and oxygen atoms in total. The molecular formula is C17H16BrN3O4. The first kappa shape index (κ1) is 18.6. The van der Waals surface area contributed by atoms with Crippen molar-refractivity contribution >= 4 is 33.2 Å². The number of halogens is 1. The molecule has 0 heterocycles. The summed E-state index contributed by atoms with van der Waals surface area (Å²) in [5, 5.41) is 14.6. The molecule has 0 aromatic heterocycles. The standard InChI is InChI=1S/C17H16BrN3O4/c1-11-9-14(18)5-8-16(11)25-10-17(22)20-19-12(2)13-3-6-15(7-4-13)21(23)24/h3-9H,10H2,1-2H3,(H,20,22)/b19-12+. The Kier molecular flexibility index (Phi) is 6.24. The predicted octanol–water partition coefficient (Wildman–Crippen LogP) is 3.58. The third-order valence-corrected chi connectivity index (χ3v) is 3.83. The number of nitro groups is 1. The van der Waals surface area contributed by atoms with Gasteiger partial charge in [0.05, 0.1) is 10.6 Å². The van der Waals surface area contributed by atoms with Crippen LogP contribution in [0.25, 0.3) is 0 Å². The maximum absolute atomic E-state index is 11.8. The molecule has 0 fully saturated rings. The van der Waals surface area contributed by atoms with Gasteiger partial charge in [0.15, 0.2) is 6.61 Å². The number of carbonyl (C=O) groups excluding carboxylic acids is 1. The Morgan fingerprint density at radius 1 is 1.28 bits per heavy atom. The van der Waals surface area contributed by atoms with Gasteiger partial charge in [-0.1, -0.05) is 15.9 Å².